The zero-order valence-corrected chi connectivity index (χ0v) is 14.6. The molecule has 19 heavy (non-hydrogen) atoms. The van der Waals surface area contributed by atoms with Crippen LogP contribution < -0.4 is 5.32 Å². The molecule has 2 unspecified atom stereocenters. The predicted molar refractivity (Wildman–Crippen MR) is 88.2 cm³/mol. The highest BCUT2D eigenvalue weighted by Gasteiger charge is 2.48. The number of likely N-dealkylation sites (tertiary alicyclic amines) is 1. The maximum Gasteiger partial charge on any atom is 0.193 e. The van der Waals surface area contributed by atoms with Crippen molar-refractivity contribution in [3.63, 3.8) is 0 Å². The Morgan fingerprint density at radius 3 is 2.63 bits per heavy atom. The molecule has 3 fully saturated rings. The van der Waals surface area contributed by atoms with Gasteiger partial charge in [-0.05, 0) is 24.7 Å². The Kier molecular flexibility index (Phi) is 4.35. The standard InChI is InChI=1S/C14H25N3O.HI/c1-13(2)8-11(13)16-12(15-3)17-6-4-14(9-17)5-7-18-10-14;/h11H,4-10H2,1-3H3,(H,15,16);1H. The highest BCUT2D eigenvalue weighted by Crippen LogP contribution is 2.45. The van der Waals surface area contributed by atoms with E-state index in [9.17, 15) is 0 Å². The topological polar surface area (TPSA) is 36.9 Å². The summed E-state index contributed by atoms with van der Waals surface area (Å²) in [5.41, 5.74) is 0.862. The van der Waals surface area contributed by atoms with Crippen LogP contribution in [0.2, 0.25) is 0 Å². The first kappa shape index (κ1) is 15.4. The van der Waals surface area contributed by atoms with Gasteiger partial charge in [-0.1, -0.05) is 13.8 Å². The number of hydrogen-bond donors (Lipinski definition) is 1. The lowest BCUT2D eigenvalue weighted by atomic mass is 9.87. The molecule has 1 saturated carbocycles. The fourth-order valence-electron chi connectivity index (χ4n) is 3.25. The van der Waals surface area contributed by atoms with E-state index in [1.54, 1.807) is 0 Å². The second-order valence-electron chi connectivity index (χ2n) is 6.91. The van der Waals surface area contributed by atoms with Gasteiger partial charge in [-0.25, -0.2) is 0 Å². The molecule has 5 heteroatoms. The highest BCUT2D eigenvalue weighted by atomic mass is 127. The molecule has 3 aliphatic rings. The Morgan fingerprint density at radius 2 is 2.11 bits per heavy atom. The van der Waals surface area contributed by atoms with Gasteiger partial charge in [-0.15, -0.1) is 24.0 Å². The normalized spacial score (nSPS) is 36.5. The third-order valence-corrected chi connectivity index (χ3v) is 4.95. The van der Waals surface area contributed by atoms with Crippen molar-refractivity contribution in [2.75, 3.05) is 33.4 Å². The molecule has 2 saturated heterocycles. The molecule has 0 radical (unpaired) electrons. The van der Waals surface area contributed by atoms with Crippen LogP contribution in [0.1, 0.15) is 33.1 Å². The first-order valence-corrected chi connectivity index (χ1v) is 7.11. The molecule has 1 N–H and O–H groups in total. The molecular weight excluding hydrogens is 353 g/mol. The SMILES string of the molecule is CN=C(NC1CC1(C)C)N1CCC2(CCOC2)C1.I. The van der Waals surface area contributed by atoms with Gasteiger partial charge in [0.1, 0.15) is 0 Å². The van der Waals surface area contributed by atoms with Gasteiger partial charge < -0.3 is 15.0 Å². The van der Waals surface area contributed by atoms with Gasteiger partial charge in [0.05, 0.1) is 6.61 Å². The van der Waals surface area contributed by atoms with Crippen molar-refractivity contribution >= 4 is 29.9 Å². The minimum Gasteiger partial charge on any atom is -0.381 e. The van der Waals surface area contributed by atoms with Crippen molar-refractivity contribution < 1.29 is 4.74 Å². The molecule has 1 spiro atoms. The molecule has 2 atom stereocenters. The van der Waals surface area contributed by atoms with E-state index in [4.69, 9.17) is 4.74 Å². The van der Waals surface area contributed by atoms with Gasteiger partial charge in [0.25, 0.3) is 0 Å². The number of rotatable bonds is 1. The van der Waals surface area contributed by atoms with Gasteiger partial charge >= 0.3 is 0 Å². The zero-order valence-electron chi connectivity index (χ0n) is 12.2. The van der Waals surface area contributed by atoms with Crippen LogP contribution in [0.4, 0.5) is 0 Å². The van der Waals surface area contributed by atoms with Crippen LogP contribution in [0.5, 0.6) is 0 Å². The molecule has 0 bridgehead atoms. The zero-order chi connectivity index (χ0) is 12.8. The minimum atomic E-state index is 0. The lowest BCUT2D eigenvalue weighted by molar-refractivity contribution is 0.156. The van der Waals surface area contributed by atoms with E-state index in [-0.39, 0.29) is 24.0 Å². The third kappa shape index (κ3) is 3.01. The number of aliphatic imine (C=N–C) groups is 1. The van der Waals surface area contributed by atoms with Crippen molar-refractivity contribution in [1.82, 2.24) is 10.2 Å². The van der Waals surface area contributed by atoms with Gasteiger partial charge in [-0.2, -0.15) is 0 Å². The Morgan fingerprint density at radius 1 is 1.37 bits per heavy atom. The van der Waals surface area contributed by atoms with Crippen molar-refractivity contribution in [2.45, 2.75) is 39.2 Å². The number of nitrogens with zero attached hydrogens (tertiary/aromatic N) is 2. The third-order valence-electron chi connectivity index (χ3n) is 4.95. The van der Waals surface area contributed by atoms with Crippen molar-refractivity contribution in [3.05, 3.63) is 0 Å². The molecular formula is C14H26IN3O. The molecule has 0 amide bonds. The monoisotopic (exact) mass is 379 g/mol. The number of guanidine groups is 1. The fourth-order valence-corrected chi connectivity index (χ4v) is 3.25. The molecule has 3 rings (SSSR count). The number of halogens is 1. The van der Waals surface area contributed by atoms with E-state index in [0.717, 1.165) is 32.3 Å². The first-order valence-electron chi connectivity index (χ1n) is 7.11. The summed E-state index contributed by atoms with van der Waals surface area (Å²) in [5, 5.41) is 3.61. The quantitative estimate of drug-likeness (QED) is 0.431. The maximum absolute atomic E-state index is 5.58. The van der Waals surface area contributed by atoms with Crippen LogP contribution >= 0.6 is 24.0 Å². The van der Waals surface area contributed by atoms with E-state index in [2.05, 4.69) is 29.1 Å². The lowest BCUT2D eigenvalue weighted by Crippen LogP contribution is -2.43. The van der Waals surface area contributed by atoms with Gasteiger partial charge in [0.2, 0.25) is 0 Å². The Hall–Kier alpha value is -0.0400. The van der Waals surface area contributed by atoms with Crippen LogP contribution in [0.25, 0.3) is 0 Å². The predicted octanol–water partition coefficient (Wildman–Crippen LogP) is 2.09. The summed E-state index contributed by atoms with van der Waals surface area (Å²) in [4.78, 5) is 6.88. The lowest BCUT2D eigenvalue weighted by Gasteiger charge is -2.25. The molecule has 4 nitrogen and oxygen atoms in total. The highest BCUT2D eigenvalue weighted by molar-refractivity contribution is 14.0. The molecule has 2 aliphatic heterocycles. The molecule has 0 aromatic rings. The van der Waals surface area contributed by atoms with Crippen molar-refractivity contribution in [1.29, 1.82) is 0 Å². The number of hydrogen-bond acceptors (Lipinski definition) is 2. The first-order chi connectivity index (χ1) is 8.55. The second-order valence-corrected chi connectivity index (χ2v) is 6.91. The Labute approximate surface area is 133 Å². The molecule has 1 aliphatic carbocycles. The van der Waals surface area contributed by atoms with Crippen LogP contribution in [0.15, 0.2) is 4.99 Å². The van der Waals surface area contributed by atoms with Crippen LogP contribution in [0.3, 0.4) is 0 Å². The number of ether oxygens (including phenoxy) is 1. The summed E-state index contributed by atoms with van der Waals surface area (Å²) >= 11 is 0. The Balaban J connectivity index is 0.00000133. The minimum absolute atomic E-state index is 0. The van der Waals surface area contributed by atoms with E-state index >= 15 is 0 Å². The summed E-state index contributed by atoms with van der Waals surface area (Å²) < 4.78 is 5.58. The second kappa shape index (κ2) is 5.39. The van der Waals surface area contributed by atoms with E-state index in [1.165, 1.54) is 19.3 Å². The largest absolute Gasteiger partial charge is 0.381 e. The summed E-state index contributed by atoms with van der Waals surface area (Å²) in [6.07, 6.45) is 3.73. The number of nitrogens with one attached hydrogen (secondary N) is 1. The summed E-state index contributed by atoms with van der Waals surface area (Å²) in [5.74, 6) is 1.09. The van der Waals surface area contributed by atoms with Crippen LogP contribution in [-0.2, 0) is 4.74 Å². The average molecular weight is 379 g/mol. The van der Waals surface area contributed by atoms with Gasteiger partial charge in [0, 0.05) is 38.2 Å². The van der Waals surface area contributed by atoms with Crippen molar-refractivity contribution in [3.8, 4) is 0 Å². The Bertz CT molecular complexity index is 364. The summed E-state index contributed by atoms with van der Waals surface area (Å²) in [6, 6.07) is 0.604. The van der Waals surface area contributed by atoms with Crippen molar-refractivity contribution in [2.24, 2.45) is 15.8 Å². The molecule has 110 valence electrons. The van der Waals surface area contributed by atoms with Gasteiger partial charge in [0.15, 0.2) is 5.96 Å². The van der Waals surface area contributed by atoms with E-state index < -0.39 is 0 Å². The average Bonchev–Trinajstić information content (AvgIpc) is 2.80. The maximum atomic E-state index is 5.58. The smallest absolute Gasteiger partial charge is 0.193 e. The van der Waals surface area contributed by atoms with E-state index in [1.807, 2.05) is 7.05 Å². The van der Waals surface area contributed by atoms with Crippen LogP contribution in [0, 0.1) is 10.8 Å². The van der Waals surface area contributed by atoms with Crippen LogP contribution in [-0.4, -0.2) is 50.3 Å². The summed E-state index contributed by atoms with van der Waals surface area (Å²) in [6.45, 7) is 8.74. The van der Waals surface area contributed by atoms with Gasteiger partial charge in [-0.3, -0.25) is 4.99 Å². The molecule has 0 aromatic carbocycles. The summed E-state index contributed by atoms with van der Waals surface area (Å²) in [7, 11) is 1.90. The fraction of sp³-hybridized carbons (Fsp3) is 0.929. The molecule has 0 aromatic heterocycles. The molecule has 2 heterocycles. The van der Waals surface area contributed by atoms with E-state index in [0.29, 0.717) is 16.9 Å².